The van der Waals surface area contributed by atoms with Gasteiger partial charge in [-0.15, -0.1) is 0 Å². The van der Waals surface area contributed by atoms with E-state index in [1.807, 2.05) is 0 Å². The quantitative estimate of drug-likeness (QED) is 0.487. The molecule has 2 heteroatoms. The summed E-state index contributed by atoms with van der Waals surface area (Å²) in [7, 11) is 0. The van der Waals surface area contributed by atoms with Crippen LogP contribution >= 0.6 is 0 Å². The molecular weight excluding hydrogens is 200 g/mol. The summed E-state index contributed by atoms with van der Waals surface area (Å²) >= 11 is 0. The molecule has 0 rings (SSSR count). The molecule has 0 saturated heterocycles. The van der Waals surface area contributed by atoms with Crippen molar-refractivity contribution in [3.8, 4) is 0 Å². The highest BCUT2D eigenvalue weighted by atomic mass is 16.5. The molecule has 98 valence electrons. The minimum absolute atomic E-state index is 0.150. The van der Waals surface area contributed by atoms with E-state index in [-0.39, 0.29) is 6.61 Å². The zero-order valence-corrected chi connectivity index (χ0v) is 10.9. The first-order chi connectivity index (χ1) is 8.27. The molecule has 16 heavy (non-hydrogen) atoms. The fourth-order valence-electron chi connectivity index (χ4n) is 1.83. The van der Waals surface area contributed by atoms with Crippen molar-refractivity contribution in [1.82, 2.24) is 0 Å². The molecule has 0 heterocycles. The van der Waals surface area contributed by atoms with Crippen molar-refractivity contribution in [1.29, 1.82) is 0 Å². The van der Waals surface area contributed by atoms with Crippen LogP contribution in [-0.2, 0) is 4.74 Å². The van der Waals surface area contributed by atoms with Crippen LogP contribution in [0.1, 0.15) is 72.5 Å². The van der Waals surface area contributed by atoms with Gasteiger partial charge in [0.05, 0.1) is 14.6 Å². The summed E-state index contributed by atoms with van der Waals surface area (Å²) in [6, 6.07) is 0. The van der Waals surface area contributed by atoms with E-state index >= 15 is 0 Å². The number of rotatable bonds is 13. The molecule has 0 aliphatic heterocycles. The molecule has 1 N–H and O–H groups in total. The molecule has 0 amide bonds. The molecule has 0 aromatic carbocycles. The van der Waals surface area contributed by atoms with E-state index in [9.17, 15) is 0 Å². The summed E-state index contributed by atoms with van der Waals surface area (Å²) in [6.45, 7) is 2.02. The maximum absolute atomic E-state index is 8.66. The third-order valence-corrected chi connectivity index (χ3v) is 2.83. The lowest BCUT2D eigenvalue weighted by Crippen LogP contribution is -2.00. The highest BCUT2D eigenvalue weighted by Crippen LogP contribution is 2.10. The first-order valence-corrected chi connectivity index (χ1v) is 6.95. The lowest BCUT2D eigenvalue weighted by atomic mass is 10.1. The molecule has 0 aromatic rings. The van der Waals surface area contributed by atoms with Gasteiger partial charge >= 0.3 is 0 Å². The van der Waals surface area contributed by atoms with Crippen LogP contribution < -0.4 is 0 Å². The molecule has 0 saturated carbocycles. The highest BCUT2D eigenvalue weighted by Gasteiger charge is 1.92. The van der Waals surface area contributed by atoms with Crippen LogP contribution in [0.4, 0.5) is 0 Å². The van der Waals surface area contributed by atoms with Crippen molar-refractivity contribution in [2.45, 2.75) is 71.1 Å². The van der Waals surface area contributed by atoms with E-state index in [4.69, 9.17) is 11.2 Å². The van der Waals surface area contributed by atoms with Crippen LogP contribution in [0, 0.1) is 0 Å². The Morgan fingerprint density at radius 3 is 1.81 bits per heavy atom. The van der Waals surface area contributed by atoms with Crippen molar-refractivity contribution >= 4 is 0 Å². The molecule has 0 aliphatic carbocycles. The van der Waals surface area contributed by atoms with E-state index in [1.165, 1.54) is 57.8 Å². The standard InChI is InChI=1S/C14H30O2/c1-2-3-4-5-6-7-8-9-10-11-13-16-14-12-15/h15H,2-14H2,1H3/i12D. The Labute approximate surface area is 103 Å². The number of hydrogen-bond acceptors (Lipinski definition) is 2. The Morgan fingerprint density at radius 2 is 1.31 bits per heavy atom. The van der Waals surface area contributed by atoms with Crippen LogP contribution in [0.5, 0.6) is 0 Å². The van der Waals surface area contributed by atoms with E-state index in [0.29, 0.717) is 6.61 Å². The van der Waals surface area contributed by atoms with Gasteiger partial charge in [0.25, 0.3) is 0 Å². The van der Waals surface area contributed by atoms with E-state index in [0.717, 1.165) is 6.42 Å². The normalized spacial score (nSPS) is 13.8. The summed E-state index contributed by atoms with van der Waals surface area (Å²) in [6.07, 6.45) is 13.2. The molecule has 2 nitrogen and oxygen atoms in total. The average Bonchev–Trinajstić information content (AvgIpc) is 2.30. The second-order valence-corrected chi connectivity index (χ2v) is 4.44. The topological polar surface area (TPSA) is 29.5 Å². The number of aliphatic hydroxyl groups is 1. The minimum Gasteiger partial charge on any atom is -0.394 e. The fourth-order valence-corrected chi connectivity index (χ4v) is 1.83. The molecule has 1 unspecified atom stereocenters. The van der Waals surface area contributed by atoms with E-state index in [1.54, 1.807) is 0 Å². The van der Waals surface area contributed by atoms with Gasteiger partial charge in [0.1, 0.15) is 0 Å². The smallest absolute Gasteiger partial charge is 0.0697 e. The monoisotopic (exact) mass is 231 g/mol. The van der Waals surface area contributed by atoms with Gasteiger partial charge < -0.3 is 9.84 Å². The van der Waals surface area contributed by atoms with E-state index < -0.39 is 6.58 Å². The zero-order valence-electron chi connectivity index (χ0n) is 11.9. The summed E-state index contributed by atoms with van der Waals surface area (Å²) in [5, 5.41) is 8.66. The van der Waals surface area contributed by atoms with Gasteiger partial charge in [0, 0.05) is 6.61 Å². The average molecular weight is 231 g/mol. The van der Waals surface area contributed by atoms with Crippen LogP contribution in [0.15, 0.2) is 0 Å². The van der Waals surface area contributed by atoms with Crippen molar-refractivity contribution in [2.75, 3.05) is 19.8 Å². The molecule has 0 aliphatic rings. The van der Waals surface area contributed by atoms with Crippen LogP contribution in [0.25, 0.3) is 0 Å². The highest BCUT2D eigenvalue weighted by molar-refractivity contribution is 4.47. The maximum atomic E-state index is 8.66. The van der Waals surface area contributed by atoms with Gasteiger partial charge in [0.15, 0.2) is 0 Å². The molecule has 0 radical (unpaired) electrons. The fraction of sp³-hybridized carbons (Fsp3) is 1.00. The van der Waals surface area contributed by atoms with Gasteiger partial charge in [-0.25, -0.2) is 0 Å². The molecular formula is C14H30O2. The first kappa shape index (κ1) is 14.0. The van der Waals surface area contributed by atoms with Gasteiger partial charge in [-0.3, -0.25) is 0 Å². The Hall–Kier alpha value is -0.0800. The second kappa shape index (κ2) is 14.9. The van der Waals surface area contributed by atoms with Crippen molar-refractivity contribution in [2.24, 2.45) is 0 Å². The SMILES string of the molecule is [2H]C(O)COCCCCCCCCCCCC. The Bertz CT molecular complexity index is 140. The van der Waals surface area contributed by atoms with Crippen LogP contribution in [0.2, 0.25) is 0 Å². The zero-order chi connectivity index (χ0) is 12.8. The third kappa shape index (κ3) is 13.9. The Kier molecular flexibility index (Phi) is 13.0. The van der Waals surface area contributed by atoms with Crippen molar-refractivity contribution in [3.05, 3.63) is 0 Å². The summed E-state index contributed by atoms with van der Waals surface area (Å²) in [5.74, 6) is 0. The number of hydrogen-bond donors (Lipinski definition) is 1. The summed E-state index contributed by atoms with van der Waals surface area (Å²) in [4.78, 5) is 0. The largest absolute Gasteiger partial charge is 0.394 e. The lowest BCUT2D eigenvalue weighted by molar-refractivity contribution is 0.0895. The molecule has 0 bridgehead atoms. The van der Waals surface area contributed by atoms with Gasteiger partial charge in [-0.2, -0.15) is 0 Å². The first-order valence-electron chi connectivity index (χ1n) is 7.53. The van der Waals surface area contributed by atoms with Gasteiger partial charge in [0.2, 0.25) is 0 Å². The summed E-state index contributed by atoms with van der Waals surface area (Å²) < 4.78 is 12.0. The number of unbranched alkanes of at least 4 members (excludes halogenated alkanes) is 9. The Morgan fingerprint density at radius 1 is 0.812 bits per heavy atom. The number of aliphatic hydroxyl groups excluding tert-OH is 1. The van der Waals surface area contributed by atoms with Crippen LogP contribution in [-0.4, -0.2) is 24.9 Å². The Balaban J connectivity index is 2.89. The van der Waals surface area contributed by atoms with Crippen molar-refractivity contribution in [3.63, 3.8) is 0 Å². The number of ether oxygens (including phenoxy) is 1. The lowest BCUT2D eigenvalue weighted by Gasteiger charge is -2.03. The van der Waals surface area contributed by atoms with E-state index in [2.05, 4.69) is 6.92 Å². The van der Waals surface area contributed by atoms with Gasteiger partial charge in [-0.1, -0.05) is 64.7 Å². The van der Waals surface area contributed by atoms with Crippen LogP contribution in [0.3, 0.4) is 0 Å². The summed E-state index contributed by atoms with van der Waals surface area (Å²) in [5.41, 5.74) is 0. The maximum Gasteiger partial charge on any atom is 0.0697 e. The predicted molar refractivity (Wildman–Crippen MR) is 69.7 cm³/mol. The molecule has 1 atom stereocenters. The molecule has 0 spiro atoms. The van der Waals surface area contributed by atoms with Gasteiger partial charge in [-0.05, 0) is 6.42 Å². The second-order valence-electron chi connectivity index (χ2n) is 4.44. The minimum atomic E-state index is -1.07. The predicted octanol–water partition coefficient (Wildman–Crippen LogP) is 3.92. The third-order valence-electron chi connectivity index (χ3n) is 2.83. The molecule has 0 fully saturated rings. The molecule has 0 aromatic heterocycles. The van der Waals surface area contributed by atoms with Crippen molar-refractivity contribution < 1.29 is 11.2 Å².